The van der Waals surface area contributed by atoms with Crippen molar-refractivity contribution in [1.82, 2.24) is 0 Å². The number of amides is 1. The molecule has 3 rings (SSSR count). The number of hydrogen-bond donors (Lipinski definition) is 2. The first-order valence-corrected chi connectivity index (χ1v) is 8.21. The summed E-state index contributed by atoms with van der Waals surface area (Å²) in [4.78, 5) is 12.2. The molecule has 26 heavy (non-hydrogen) atoms. The van der Waals surface area contributed by atoms with Crippen molar-refractivity contribution in [2.75, 3.05) is 5.32 Å². The first-order valence-electron chi connectivity index (χ1n) is 7.45. The number of benzene rings is 3. The summed E-state index contributed by atoms with van der Waals surface area (Å²) in [6.07, 6.45) is 0. The number of ether oxygens (including phenoxy) is 1. The summed E-state index contributed by atoms with van der Waals surface area (Å²) in [6, 6.07) is 14.6. The molecule has 0 aliphatic carbocycles. The van der Waals surface area contributed by atoms with Gasteiger partial charge < -0.3 is 15.2 Å². The molecule has 0 aromatic heterocycles. The van der Waals surface area contributed by atoms with Crippen LogP contribution in [0.25, 0.3) is 0 Å². The highest BCUT2D eigenvalue weighted by atomic mass is 35.5. The summed E-state index contributed by atoms with van der Waals surface area (Å²) < 4.78 is 18.7. The van der Waals surface area contributed by atoms with Crippen LogP contribution >= 0.6 is 23.2 Å². The van der Waals surface area contributed by atoms with E-state index >= 15 is 0 Å². The molecular weight excluding hydrogens is 380 g/mol. The number of anilines is 1. The lowest BCUT2D eigenvalue weighted by atomic mass is 10.1. The van der Waals surface area contributed by atoms with Crippen molar-refractivity contribution in [1.29, 1.82) is 0 Å². The predicted molar refractivity (Wildman–Crippen MR) is 99.0 cm³/mol. The Bertz CT molecular complexity index is 961. The van der Waals surface area contributed by atoms with E-state index in [-0.39, 0.29) is 10.6 Å². The molecule has 0 aliphatic heterocycles. The van der Waals surface area contributed by atoms with Crippen LogP contribution in [0.15, 0.2) is 60.7 Å². The van der Waals surface area contributed by atoms with E-state index in [2.05, 4.69) is 5.32 Å². The number of phenolic OH excluding ortho intramolecular Hbond substituents is 1. The monoisotopic (exact) mass is 391 g/mol. The molecule has 3 aromatic rings. The molecule has 2 N–H and O–H groups in total. The molecule has 0 heterocycles. The maximum atomic E-state index is 13.0. The van der Waals surface area contributed by atoms with Crippen molar-refractivity contribution in [3.63, 3.8) is 0 Å². The third-order valence-corrected chi connectivity index (χ3v) is 3.98. The minimum absolute atomic E-state index is 0.0518. The largest absolute Gasteiger partial charge is 0.507 e. The van der Waals surface area contributed by atoms with Crippen molar-refractivity contribution >= 4 is 34.8 Å². The summed E-state index contributed by atoms with van der Waals surface area (Å²) in [5.41, 5.74) is 0.344. The van der Waals surface area contributed by atoms with Crippen LogP contribution in [-0.2, 0) is 0 Å². The zero-order valence-electron chi connectivity index (χ0n) is 13.2. The smallest absolute Gasteiger partial charge is 0.259 e. The normalized spacial score (nSPS) is 10.4. The fourth-order valence-corrected chi connectivity index (χ4v) is 2.53. The maximum absolute atomic E-state index is 13.0. The van der Waals surface area contributed by atoms with Crippen molar-refractivity contribution in [2.24, 2.45) is 0 Å². The number of carbonyl (C=O) groups excluding carboxylic acids is 1. The van der Waals surface area contributed by atoms with E-state index in [1.807, 2.05) is 0 Å². The highest BCUT2D eigenvalue weighted by molar-refractivity contribution is 6.32. The molecular formula is C19H12Cl2FNO3. The summed E-state index contributed by atoms with van der Waals surface area (Å²) in [7, 11) is 0. The van der Waals surface area contributed by atoms with Crippen molar-refractivity contribution in [3.8, 4) is 17.2 Å². The lowest BCUT2D eigenvalue weighted by Gasteiger charge is -2.11. The second-order valence-electron chi connectivity index (χ2n) is 5.32. The molecule has 3 aromatic carbocycles. The van der Waals surface area contributed by atoms with Crippen molar-refractivity contribution in [2.45, 2.75) is 0 Å². The summed E-state index contributed by atoms with van der Waals surface area (Å²) >= 11 is 12.0. The summed E-state index contributed by atoms with van der Waals surface area (Å²) in [5.74, 6) is -0.715. The predicted octanol–water partition coefficient (Wildman–Crippen LogP) is 5.88. The standard InChI is InChI=1S/C19H12Cl2FNO3/c20-11-1-5-14(6-2-11)26-18-8-4-13(10-16(18)21)23-19(25)15-7-3-12(22)9-17(15)24/h1-10,24H,(H,23,25). The number of hydrogen-bond acceptors (Lipinski definition) is 3. The van der Waals surface area contributed by atoms with Gasteiger partial charge in [-0.05, 0) is 54.6 Å². The topological polar surface area (TPSA) is 58.6 Å². The number of nitrogens with one attached hydrogen (secondary N) is 1. The Labute approximate surface area is 158 Å². The van der Waals surface area contributed by atoms with E-state index < -0.39 is 17.5 Å². The van der Waals surface area contributed by atoms with Gasteiger partial charge in [-0.25, -0.2) is 4.39 Å². The van der Waals surface area contributed by atoms with Crippen molar-refractivity contribution in [3.05, 3.63) is 82.1 Å². The quantitative estimate of drug-likeness (QED) is 0.583. The Kier molecular flexibility index (Phi) is 5.30. The van der Waals surface area contributed by atoms with Gasteiger partial charge in [0.05, 0.1) is 10.6 Å². The average molecular weight is 392 g/mol. The van der Waals surface area contributed by atoms with Gasteiger partial charge in [-0.3, -0.25) is 4.79 Å². The van der Waals surface area contributed by atoms with Gasteiger partial charge in [0.1, 0.15) is 23.1 Å². The zero-order chi connectivity index (χ0) is 18.7. The molecule has 0 spiro atoms. The average Bonchev–Trinajstić information content (AvgIpc) is 2.59. The second-order valence-corrected chi connectivity index (χ2v) is 6.16. The molecule has 0 aliphatic rings. The Morgan fingerprint density at radius 1 is 1.00 bits per heavy atom. The van der Waals surface area contributed by atoms with E-state index in [9.17, 15) is 14.3 Å². The van der Waals surface area contributed by atoms with E-state index in [1.54, 1.807) is 36.4 Å². The summed E-state index contributed by atoms with van der Waals surface area (Å²) in [5, 5.41) is 13.1. The highest BCUT2D eigenvalue weighted by Gasteiger charge is 2.13. The molecule has 0 atom stereocenters. The lowest BCUT2D eigenvalue weighted by molar-refractivity contribution is 0.102. The van der Waals surface area contributed by atoms with Crippen LogP contribution in [0, 0.1) is 5.82 Å². The molecule has 0 saturated carbocycles. The van der Waals surface area contributed by atoms with Crippen molar-refractivity contribution < 1.29 is 19.0 Å². The second kappa shape index (κ2) is 7.64. The SMILES string of the molecule is O=C(Nc1ccc(Oc2ccc(Cl)cc2)c(Cl)c1)c1ccc(F)cc1O. The van der Waals surface area contributed by atoms with Crippen LogP contribution in [0.5, 0.6) is 17.2 Å². The van der Waals surface area contributed by atoms with Gasteiger partial charge in [-0.15, -0.1) is 0 Å². The number of halogens is 3. The molecule has 4 nitrogen and oxygen atoms in total. The highest BCUT2D eigenvalue weighted by Crippen LogP contribution is 2.32. The molecule has 0 unspecified atom stereocenters. The van der Waals surface area contributed by atoms with Crippen LogP contribution in [0.4, 0.5) is 10.1 Å². The fraction of sp³-hybridized carbons (Fsp3) is 0. The Morgan fingerprint density at radius 2 is 1.73 bits per heavy atom. The Balaban J connectivity index is 1.74. The lowest BCUT2D eigenvalue weighted by Crippen LogP contribution is -2.12. The van der Waals surface area contributed by atoms with Gasteiger partial charge in [0.25, 0.3) is 5.91 Å². The molecule has 1 amide bonds. The van der Waals surface area contributed by atoms with E-state index in [1.165, 1.54) is 12.1 Å². The van der Waals surface area contributed by atoms with E-state index in [0.29, 0.717) is 22.2 Å². The van der Waals surface area contributed by atoms with Crippen LogP contribution in [0.1, 0.15) is 10.4 Å². The van der Waals surface area contributed by atoms with Crippen LogP contribution in [0.3, 0.4) is 0 Å². The van der Waals surface area contributed by atoms with Gasteiger partial charge in [-0.1, -0.05) is 23.2 Å². The maximum Gasteiger partial charge on any atom is 0.259 e. The van der Waals surface area contributed by atoms with Gasteiger partial charge in [-0.2, -0.15) is 0 Å². The number of aromatic hydroxyl groups is 1. The fourth-order valence-electron chi connectivity index (χ4n) is 2.19. The summed E-state index contributed by atoms with van der Waals surface area (Å²) in [6.45, 7) is 0. The van der Waals surface area contributed by atoms with E-state index in [0.717, 1.165) is 12.1 Å². The molecule has 0 radical (unpaired) electrons. The minimum atomic E-state index is -0.634. The Morgan fingerprint density at radius 3 is 2.38 bits per heavy atom. The van der Waals surface area contributed by atoms with Crippen LogP contribution in [0.2, 0.25) is 10.0 Å². The van der Waals surface area contributed by atoms with Gasteiger partial charge in [0.15, 0.2) is 0 Å². The van der Waals surface area contributed by atoms with Gasteiger partial charge in [0.2, 0.25) is 0 Å². The molecule has 0 bridgehead atoms. The van der Waals surface area contributed by atoms with Crippen LogP contribution < -0.4 is 10.1 Å². The minimum Gasteiger partial charge on any atom is -0.507 e. The van der Waals surface area contributed by atoms with Gasteiger partial charge in [0, 0.05) is 16.8 Å². The first-order chi connectivity index (χ1) is 12.4. The zero-order valence-corrected chi connectivity index (χ0v) is 14.7. The third kappa shape index (κ3) is 4.25. The van der Waals surface area contributed by atoms with E-state index in [4.69, 9.17) is 27.9 Å². The number of carbonyl (C=O) groups is 1. The van der Waals surface area contributed by atoms with Crippen LogP contribution in [-0.4, -0.2) is 11.0 Å². The molecule has 0 saturated heterocycles. The van der Waals surface area contributed by atoms with Gasteiger partial charge >= 0.3 is 0 Å². The Hall–Kier alpha value is -2.76. The molecule has 7 heteroatoms. The molecule has 132 valence electrons. The first kappa shape index (κ1) is 18.0. The molecule has 0 fully saturated rings. The number of phenols is 1. The number of rotatable bonds is 4. The third-order valence-electron chi connectivity index (χ3n) is 3.44.